The van der Waals surface area contributed by atoms with E-state index in [0.717, 1.165) is 11.8 Å². The monoisotopic (exact) mass is 391 g/mol. The predicted molar refractivity (Wildman–Crippen MR) is 103 cm³/mol. The molecule has 0 bridgehead atoms. The van der Waals surface area contributed by atoms with Crippen molar-refractivity contribution in [3.8, 4) is 0 Å². The predicted octanol–water partition coefficient (Wildman–Crippen LogP) is 2.64. The molecular formula is C19H22FN3O3S. The van der Waals surface area contributed by atoms with Crippen LogP contribution in [0.1, 0.15) is 18.4 Å². The molecular weight excluding hydrogens is 369 g/mol. The number of nitrogens with two attached hydrogens (primary N) is 1. The summed E-state index contributed by atoms with van der Waals surface area (Å²) >= 11 is 0. The van der Waals surface area contributed by atoms with Gasteiger partial charge in [0.15, 0.2) is 0 Å². The number of primary amides is 1. The van der Waals surface area contributed by atoms with Gasteiger partial charge in [-0.2, -0.15) is 0 Å². The zero-order valence-corrected chi connectivity index (χ0v) is 15.8. The van der Waals surface area contributed by atoms with E-state index in [1.165, 1.54) is 12.1 Å². The Morgan fingerprint density at radius 2 is 1.89 bits per heavy atom. The normalized spacial score (nSPS) is 15.6. The Bertz CT molecular complexity index is 954. The number of nitrogens with one attached hydrogen (secondary N) is 1. The molecule has 3 N–H and O–H groups in total. The van der Waals surface area contributed by atoms with E-state index < -0.39 is 15.8 Å². The van der Waals surface area contributed by atoms with E-state index in [1.54, 1.807) is 25.1 Å². The van der Waals surface area contributed by atoms with Crippen LogP contribution in [-0.2, 0) is 14.8 Å². The number of nitrogens with zero attached hydrogens (tertiary/aromatic N) is 1. The highest BCUT2D eigenvalue weighted by Crippen LogP contribution is 2.27. The van der Waals surface area contributed by atoms with Gasteiger partial charge < -0.3 is 10.6 Å². The fourth-order valence-electron chi connectivity index (χ4n) is 3.31. The Morgan fingerprint density at radius 3 is 2.52 bits per heavy atom. The largest absolute Gasteiger partial charge is 0.371 e. The lowest BCUT2D eigenvalue weighted by atomic mass is 9.96. The number of sulfonamides is 1. The van der Waals surface area contributed by atoms with Crippen LogP contribution in [0.2, 0.25) is 0 Å². The van der Waals surface area contributed by atoms with Gasteiger partial charge in [-0.15, -0.1) is 0 Å². The SMILES string of the molecule is Cc1cc(F)ccc1S(=O)(=O)Nc1cccc(N2CCC(C(N)=O)CC2)c1. The number of anilines is 2. The molecule has 2 aromatic rings. The molecule has 0 unspecified atom stereocenters. The molecule has 27 heavy (non-hydrogen) atoms. The maximum absolute atomic E-state index is 13.2. The van der Waals surface area contributed by atoms with Gasteiger partial charge in [0.25, 0.3) is 10.0 Å². The molecule has 1 heterocycles. The van der Waals surface area contributed by atoms with Gasteiger partial charge in [0.05, 0.1) is 10.6 Å². The summed E-state index contributed by atoms with van der Waals surface area (Å²) in [5.74, 6) is -0.858. The van der Waals surface area contributed by atoms with Crippen LogP contribution >= 0.6 is 0 Å². The highest BCUT2D eigenvalue weighted by Gasteiger charge is 2.24. The molecule has 1 fully saturated rings. The molecule has 1 amide bonds. The third-order valence-electron chi connectivity index (χ3n) is 4.79. The standard InChI is InChI=1S/C19H22FN3O3S/c1-13-11-15(20)5-6-18(13)27(25,26)22-16-3-2-4-17(12-16)23-9-7-14(8-10-23)19(21)24/h2-6,11-12,14,22H,7-10H2,1H3,(H2,21,24). The molecule has 0 spiro atoms. The molecule has 0 atom stereocenters. The van der Waals surface area contributed by atoms with Crippen molar-refractivity contribution in [3.63, 3.8) is 0 Å². The molecule has 1 aliphatic rings. The molecule has 1 saturated heterocycles. The maximum atomic E-state index is 13.2. The Morgan fingerprint density at radius 1 is 1.19 bits per heavy atom. The highest BCUT2D eigenvalue weighted by atomic mass is 32.2. The average Bonchev–Trinajstić information content (AvgIpc) is 2.61. The summed E-state index contributed by atoms with van der Waals surface area (Å²) < 4.78 is 41.1. The summed E-state index contributed by atoms with van der Waals surface area (Å²) in [6.45, 7) is 2.92. The Balaban J connectivity index is 1.77. The first-order valence-electron chi connectivity index (χ1n) is 8.69. The number of hydrogen-bond acceptors (Lipinski definition) is 4. The molecule has 0 saturated carbocycles. The first-order valence-corrected chi connectivity index (χ1v) is 10.2. The molecule has 144 valence electrons. The first kappa shape index (κ1) is 19.2. The van der Waals surface area contributed by atoms with Crippen LogP contribution in [0.5, 0.6) is 0 Å². The minimum Gasteiger partial charge on any atom is -0.371 e. The van der Waals surface area contributed by atoms with Gasteiger partial charge in [0, 0.05) is 24.7 Å². The first-order chi connectivity index (χ1) is 12.8. The van der Waals surface area contributed by atoms with Crippen molar-refractivity contribution in [2.75, 3.05) is 22.7 Å². The minimum atomic E-state index is -3.82. The van der Waals surface area contributed by atoms with Gasteiger partial charge in [-0.05, 0) is 61.7 Å². The van der Waals surface area contributed by atoms with Crippen molar-refractivity contribution in [2.45, 2.75) is 24.7 Å². The molecule has 3 rings (SSSR count). The van der Waals surface area contributed by atoms with Crippen LogP contribution in [0.4, 0.5) is 15.8 Å². The van der Waals surface area contributed by atoms with E-state index in [2.05, 4.69) is 9.62 Å². The molecule has 1 aliphatic heterocycles. The average molecular weight is 391 g/mol. The fourth-order valence-corrected chi connectivity index (χ4v) is 4.59. The summed E-state index contributed by atoms with van der Waals surface area (Å²) in [5.41, 5.74) is 7.00. The van der Waals surface area contributed by atoms with Crippen molar-refractivity contribution in [2.24, 2.45) is 11.7 Å². The van der Waals surface area contributed by atoms with E-state index in [-0.39, 0.29) is 16.7 Å². The molecule has 2 aromatic carbocycles. The Kier molecular flexibility index (Phi) is 5.36. The highest BCUT2D eigenvalue weighted by molar-refractivity contribution is 7.92. The van der Waals surface area contributed by atoms with Gasteiger partial charge in [0.2, 0.25) is 5.91 Å². The minimum absolute atomic E-state index is 0.0385. The summed E-state index contributed by atoms with van der Waals surface area (Å²) in [4.78, 5) is 13.4. The Hall–Kier alpha value is -2.61. The quantitative estimate of drug-likeness (QED) is 0.820. The second-order valence-corrected chi connectivity index (χ2v) is 8.38. The zero-order valence-electron chi connectivity index (χ0n) is 15.0. The van der Waals surface area contributed by atoms with Crippen molar-refractivity contribution in [1.82, 2.24) is 0 Å². The Labute approximate surface area is 158 Å². The van der Waals surface area contributed by atoms with Gasteiger partial charge in [0.1, 0.15) is 5.82 Å². The lowest BCUT2D eigenvalue weighted by molar-refractivity contribution is -0.122. The van der Waals surface area contributed by atoms with Crippen LogP contribution < -0.4 is 15.4 Å². The second kappa shape index (κ2) is 7.56. The van der Waals surface area contributed by atoms with Gasteiger partial charge in [-0.3, -0.25) is 9.52 Å². The van der Waals surface area contributed by atoms with Crippen LogP contribution in [-0.4, -0.2) is 27.4 Å². The van der Waals surface area contributed by atoms with Crippen molar-refractivity contribution in [3.05, 3.63) is 53.8 Å². The van der Waals surface area contributed by atoms with E-state index in [1.807, 2.05) is 6.07 Å². The van der Waals surface area contributed by atoms with Crippen LogP contribution in [0, 0.1) is 18.7 Å². The van der Waals surface area contributed by atoms with Crippen LogP contribution in [0.25, 0.3) is 0 Å². The fraction of sp³-hybridized carbons (Fsp3) is 0.316. The number of carbonyl (C=O) groups is 1. The molecule has 6 nitrogen and oxygen atoms in total. The lowest BCUT2D eigenvalue weighted by Gasteiger charge is -2.32. The van der Waals surface area contributed by atoms with E-state index in [0.29, 0.717) is 37.2 Å². The topological polar surface area (TPSA) is 92.5 Å². The number of amides is 1. The summed E-state index contributed by atoms with van der Waals surface area (Å²) in [6.07, 6.45) is 1.36. The third kappa shape index (κ3) is 4.39. The number of piperidine rings is 1. The van der Waals surface area contributed by atoms with E-state index in [4.69, 9.17) is 5.73 Å². The van der Waals surface area contributed by atoms with Gasteiger partial charge >= 0.3 is 0 Å². The second-order valence-electron chi connectivity index (χ2n) is 6.73. The van der Waals surface area contributed by atoms with Crippen molar-refractivity contribution < 1.29 is 17.6 Å². The molecule has 0 aliphatic carbocycles. The molecule has 8 heteroatoms. The zero-order chi connectivity index (χ0) is 19.6. The number of hydrogen-bond donors (Lipinski definition) is 2. The summed E-state index contributed by atoms with van der Waals surface area (Å²) in [7, 11) is -3.82. The third-order valence-corrected chi connectivity index (χ3v) is 6.33. The number of rotatable bonds is 5. The van der Waals surface area contributed by atoms with Gasteiger partial charge in [-0.1, -0.05) is 6.07 Å². The number of halogens is 1. The van der Waals surface area contributed by atoms with Crippen LogP contribution in [0.15, 0.2) is 47.4 Å². The number of benzene rings is 2. The number of aryl methyl sites for hydroxylation is 1. The van der Waals surface area contributed by atoms with Crippen LogP contribution in [0.3, 0.4) is 0 Å². The van der Waals surface area contributed by atoms with Crippen molar-refractivity contribution in [1.29, 1.82) is 0 Å². The van der Waals surface area contributed by atoms with E-state index in [9.17, 15) is 17.6 Å². The lowest BCUT2D eigenvalue weighted by Crippen LogP contribution is -2.38. The van der Waals surface area contributed by atoms with E-state index >= 15 is 0 Å². The molecule has 0 aromatic heterocycles. The molecule has 0 radical (unpaired) electrons. The van der Waals surface area contributed by atoms with Crippen molar-refractivity contribution >= 4 is 27.3 Å². The van der Waals surface area contributed by atoms with Gasteiger partial charge in [-0.25, -0.2) is 12.8 Å². The smallest absolute Gasteiger partial charge is 0.262 e. The maximum Gasteiger partial charge on any atom is 0.262 e. The number of carbonyl (C=O) groups excluding carboxylic acids is 1. The summed E-state index contributed by atoms with van der Waals surface area (Å²) in [5, 5.41) is 0. The summed E-state index contributed by atoms with van der Waals surface area (Å²) in [6, 6.07) is 10.6.